The van der Waals surface area contributed by atoms with E-state index in [4.69, 9.17) is 11.0 Å². The van der Waals surface area contributed by atoms with Crippen molar-refractivity contribution in [2.45, 2.75) is 19.4 Å². The molecule has 0 bridgehead atoms. The van der Waals surface area contributed by atoms with Crippen LogP contribution in [0, 0.1) is 11.3 Å². The fourth-order valence-electron chi connectivity index (χ4n) is 0.377. The monoisotopic (exact) mass is 142 g/mol. The maximum Gasteiger partial charge on any atom is 0.323 e. The van der Waals surface area contributed by atoms with Gasteiger partial charge in [0.1, 0.15) is 12.1 Å². The standard InChI is InChI=1S/C6H10N2O2/c1-2-5(8)6(9)10-4-3-7/h5H,2,4,8H2,1H3. The van der Waals surface area contributed by atoms with Crippen LogP contribution in [-0.2, 0) is 9.53 Å². The summed E-state index contributed by atoms with van der Waals surface area (Å²) >= 11 is 0. The summed E-state index contributed by atoms with van der Waals surface area (Å²) in [5.41, 5.74) is 5.27. The quantitative estimate of drug-likeness (QED) is 0.553. The second-order valence-electron chi connectivity index (χ2n) is 1.78. The molecule has 0 fully saturated rings. The predicted molar refractivity (Wildman–Crippen MR) is 34.8 cm³/mol. The lowest BCUT2D eigenvalue weighted by molar-refractivity contribution is -0.143. The molecule has 0 aromatic rings. The van der Waals surface area contributed by atoms with Crippen molar-refractivity contribution in [2.24, 2.45) is 5.73 Å². The molecule has 56 valence electrons. The molecule has 0 amide bonds. The second kappa shape index (κ2) is 4.77. The van der Waals surface area contributed by atoms with E-state index in [-0.39, 0.29) is 6.61 Å². The number of rotatable bonds is 3. The molecule has 1 atom stereocenters. The molecule has 0 aromatic heterocycles. The first-order valence-corrected chi connectivity index (χ1v) is 3.01. The van der Waals surface area contributed by atoms with E-state index in [0.717, 1.165) is 0 Å². The van der Waals surface area contributed by atoms with Crippen LogP contribution in [0.1, 0.15) is 13.3 Å². The van der Waals surface area contributed by atoms with Crippen LogP contribution in [0.4, 0.5) is 0 Å². The zero-order valence-electron chi connectivity index (χ0n) is 5.83. The lowest BCUT2D eigenvalue weighted by Gasteiger charge is -2.04. The van der Waals surface area contributed by atoms with E-state index >= 15 is 0 Å². The largest absolute Gasteiger partial charge is 0.449 e. The summed E-state index contributed by atoms with van der Waals surface area (Å²) in [6, 6.07) is 1.09. The normalized spacial score (nSPS) is 11.7. The number of hydrogen-bond acceptors (Lipinski definition) is 4. The van der Waals surface area contributed by atoms with Gasteiger partial charge in [0.25, 0.3) is 0 Å². The molecule has 2 N–H and O–H groups in total. The Balaban J connectivity index is 3.54. The fourth-order valence-corrected chi connectivity index (χ4v) is 0.377. The van der Waals surface area contributed by atoms with E-state index in [2.05, 4.69) is 4.74 Å². The number of carbonyl (C=O) groups excluding carboxylic acids is 1. The van der Waals surface area contributed by atoms with Crippen LogP contribution >= 0.6 is 0 Å². The topological polar surface area (TPSA) is 76.1 Å². The molecule has 4 nitrogen and oxygen atoms in total. The lowest BCUT2D eigenvalue weighted by Crippen LogP contribution is -2.31. The molecular formula is C6H10N2O2. The SMILES string of the molecule is CCC(N)C(=O)OCC#N. The van der Waals surface area contributed by atoms with Gasteiger partial charge in [-0.05, 0) is 6.42 Å². The highest BCUT2D eigenvalue weighted by Gasteiger charge is 2.10. The van der Waals surface area contributed by atoms with Crippen LogP contribution in [0.3, 0.4) is 0 Å². The second-order valence-corrected chi connectivity index (χ2v) is 1.78. The van der Waals surface area contributed by atoms with E-state index in [0.29, 0.717) is 6.42 Å². The summed E-state index contributed by atoms with van der Waals surface area (Å²) in [7, 11) is 0. The zero-order valence-corrected chi connectivity index (χ0v) is 5.83. The highest BCUT2D eigenvalue weighted by atomic mass is 16.5. The first kappa shape index (κ1) is 8.92. The third-order valence-electron chi connectivity index (χ3n) is 1.02. The smallest absolute Gasteiger partial charge is 0.323 e. The average Bonchev–Trinajstić information content (AvgIpc) is 1.98. The molecule has 0 spiro atoms. The van der Waals surface area contributed by atoms with Crippen molar-refractivity contribution in [3.63, 3.8) is 0 Å². The first-order valence-electron chi connectivity index (χ1n) is 3.01. The Morgan fingerprint density at radius 1 is 1.90 bits per heavy atom. The third kappa shape index (κ3) is 3.05. The minimum Gasteiger partial charge on any atom is -0.449 e. The number of esters is 1. The zero-order chi connectivity index (χ0) is 7.98. The molecule has 1 unspecified atom stereocenters. The molecule has 10 heavy (non-hydrogen) atoms. The van der Waals surface area contributed by atoms with Gasteiger partial charge in [-0.15, -0.1) is 0 Å². The minimum absolute atomic E-state index is 0.216. The maximum atomic E-state index is 10.6. The van der Waals surface area contributed by atoms with Crippen LogP contribution in [0.25, 0.3) is 0 Å². The number of hydrogen-bond donors (Lipinski definition) is 1. The lowest BCUT2D eigenvalue weighted by atomic mass is 10.2. The van der Waals surface area contributed by atoms with E-state index in [1.807, 2.05) is 0 Å². The van der Waals surface area contributed by atoms with Crippen molar-refractivity contribution in [1.82, 2.24) is 0 Å². The first-order chi connectivity index (χ1) is 4.72. The Kier molecular flexibility index (Phi) is 4.25. The Bertz CT molecular complexity index is 150. The summed E-state index contributed by atoms with van der Waals surface area (Å²) in [6.45, 7) is 1.56. The highest BCUT2D eigenvalue weighted by Crippen LogP contribution is 1.89. The van der Waals surface area contributed by atoms with E-state index in [1.54, 1.807) is 13.0 Å². The number of nitriles is 1. The molecule has 4 heteroatoms. The van der Waals surface area contributed by atoms with E-state index < -0.39 is 12.0 Å². The van der Waals surface area contributed by atoms with Gasteiger partial charge in [0.05, 0.1) is 0 Å². The predicted octanol–water partition coefficient (Wildman–Crippen LogP) is -0.210. The summed E-state index contributed by atoms with van der Waals surface area (Å²) in [6.07, 6.45) is 0.532. The van der Waals surface area contributed by atoms with E-state index in [9.17, 15) is 4.79 Å². The molecule has 0 aromatic carbocycles. The molecule has 0 aliphatic rings. The molecule has 0 aliphatic heterocycles. The molecule has 0 heterocycles. The van der Waals surface area contributed by atoms with Crippen LogP contribution in [0.5, 0.6) is 0 Å². The van der Waals surface area contributed by atoms with Gasteiger partial charge in [-0.1, -0.05) is 6.92 Å². The third-order valence-corrected chi connectivity index (χ3v) is 1.02. The number of carbonyl (C=O) groups is 1. The Labute approximate surface area is 59.6 Å². The van der Waals surface area contributed by atoms with Gasteiger partial charge in [-0.3, -0.25) is 4.79 Å². The summed E-state index contributed by atoms with van der Waals surface area (Å²) < 4.78 is 4.42. The Hall–Kier alpha value is -1.08. The Morgan fingerprint density at radius 2 is 2.50 bits per heavy atom. The summed E-state index contributed by atoms with van der Waals surface area (Å²) in [4.78, 5) is 10.6. The summed E-state index contributed by atoms with van der Waals surface area (Å²) in [5, 5.41) is 8.00. The van der Waals surface area contributed by atoms with Crippen molar-refractivity contribution < 1.29 is 9.53 Å². The van der Waals surface area contributed by atoms with Gasteiger partial charge in [0.15, 0.2) is 6.61 Å². The van der Waals surface area contributed by atoms with Crippen LogP contribution < -0.4 is 5.73 Å². The van der Waals surface area contributed by atoms with Crippen molar-refractivity contribution in [3.8, 4) is 6.07 Å². The molecule has 0 rings (SSSR count). The van der Waals surface area contributed by atoms with Gasteiger partial charge in [0.2, 0.25) is 0 Å². The maximum absolute atomic E-state index is 10.6. The minimum atomic E-state index is -0.589. The fraction of sp³-hybridized carbons (Fsp3) is 0.667. The van der Waals surface area contributed by atoms with Gasteiger partial charge < -0.3 is 10.5 Å². The van der Waals surface area contributed by atoms with Crippen LogP contribution in [0.15, 0.2) is 0 Å². The molecule has 0 radical (unpaired) electrons. The molecule has 0 saturated heterocycles. The van der Waals surface area contributed by atoms with Crippen molar-refractivity contribution in [3.05, 3.63) is 0 Å². The van der Waals surface area contributed by atoms with Gasteiger partial charge in [-0.2, -0.15) is 5.26 Å². The molecular weight excluding hydrogens is 132 g/mol. The van der Waals surface area contributed by atoms with Crippen LogP contribution in [0.2, 0.25) is 0 Å². The van der Waals surface area contributed by atoms with E-state index in [1.165, 1.54) is 0 Å². The highest BCUT2D eigenvalue weighted by molar-refractivity contribution is 5.75. The van der Waals surface area contributed by atoms with Crippen LogP contribution in [-0.4, -0.2) is 18.6 Å². The van der Waals surface area contributed by atoms with Crippen molar-refractivity contribution >= 4 is 5.97 Å². The number of ether oxygens (including phenoxy) is 1. The van der Waals surface area contributed by atoms with Gasteiger partial charge in [-0.25, -0.2) is 0 Å². The number of nitrogens with zero attached hydrogens (tertiary/aromatic N) is 1. The van der Waals surface area contributed by atoms with Gasteiger partial charge in [0, 0.05) is 0 Å². The average molecular weight is 142 g/mol. The summed E-state index contributed by atoms with van der Waals surface area (Å²) in [5.74, 6) is -0.510. The number of nitrogens with two attached hydrogens (primary N) is 1. The van der Waals surface area contributed by atoms with Crippen molar-refractivity contribution in [1.29, 1.82) is 5.26 Å². The Morgan fingerprint density at radius 3 is 2.90 bits per heavy atom. The molecule has 0 aliphatic carbocycles. The molecule has 0 saturated carbocycles. The van der Waals surface area contributed by atoms with Gasteiger partial charge >= 0.3 is 5.97 Å². The van der Waals surface area contributed by atoms with Crippen molar-refractivity contribution in [2.75, 3.05) is 6.61 Å².